The van der Waals surface area contributed by atoms with Crippen LogP contribution in [0, 0.1) is 0 Å². The van der Waals surface area contributed by atoms with E-state index < -0.39 is 0 Å². The van der Waals surface area contributed by atoms with Gasteiger partial charge >= 0.3 is 0 Å². The molecule has 0 aromatic heterocycles. The molecule has 0 saturated carbocycles. The van der Waals surface area contributed by atoms with Gasteiger partial charge in [-0.15, -0.1) is 11.8 Å². The molecule has 0 aliphatic carbocycles. The molecule has 20 heavy (non-hydrogen) atoms. The predicted octanol–water partition coefficient (Wildman–Crippen LogP) is 6.56. The summed E-state index contributed by atoms with van der Waals surface area (Å²) in [5.74, 6) is 1.14. The summed E-state index contributed by atoms with van der Waals surface area (Å²) in [4.78, 5) is 1.32. The Balaban J connectivity index is 1.82. The van der Waals surface area contributed by atoms with Gasteiger partial charge < -0.3 is 0 Å². The monoisotopic (exact) mass is 338 g/mol. The van der Waals surface area contributed by atoms with Gasteiger partial charge in [-0.3, -0.25) is 0 Å². The highest BCUT2D eigenvalue weighted by Crippen LogP contribution is 2.48. The van der Waals surface area contributed by atoms with Crippen molar-refractivity contribution in [1.82, 2.24) is 0 Å². The van der Waals surface area contributed by atoms with Crippen molar-refractivity contribution in [3.63, 3.8) is 0 Å². The molecule has 0 amide bonds. The fourth-order valence-electron chi connectivity index (χ4n) is 1.72. The Morgan fingerprint density at radius 1 is 1.25 bits per heavy atom. The molecule has 0 fully saturated rings. The van der Waals surface area contributed by atoms with E-state index in [9.17, 15) is 0 Å². The van der Waals surface area contributed by atoms with Gasteiger partial charge in [0.2, 0.25) is 0 Å². The third-order valence-electron chi connectivity index (χ3n) is 2.78. The van der Waals surface area contributed by atoms with E-state index in [1.54, 1.807) is 23.5 Å². The number of unbranched alkanes of at least 4 members (excludes halogenated alkanes) is 2. The minimum Gasteiger partial charge on any atom is -0.115 e. The van der Waals surface area contributed by atoms with Crippen molar-refractivity contribution in [3.8, 4) is 0 Å². The maximum atomic E-state index is 5.43. The SMILES string of the molecule is CCCCCSC(=S)/C=C1\SC=C(c2ccccc2)S1. The largest absolute Gasteiger partial charge is 0.115 e. The van der Waals surface area contributed by atoms with Gasteiger partial charge in [0.15, 0.2) is 0 Å². The summed E-state index contributed by atoms with van der Waals surface area (Å²) >= 11 is 10.8. The van der Waals surface area contributed by atoms with Gasteiger partial charge in [0, 0.05) is 4.91 Å². The summed E-state index contributed by atoms with van der Waals surface area (Å²) < 4.78 is 2.30. The summed E-state index contributed by atoms with van der Waals surface area (Å²) in [5.41, 5.74) is 1.29. The molecule has 1 aliphatic heterocycles. The van der Waals surface area contributed by atoms with Crippen LogP contribution in [0.5, 0.6) is 0 Å². The zero-order chi connectivity index (χ0) is 14.2. The third-order valence-corrected chi connectivity index (χ3v) is 6.43. The van der Waals surface area contributed by atoms with E-state index in [1.807, 2.05) is 11.8 Å². The quantitative estimate of drug-likeness (QED) is 0.327. The number of benzene rings is 1. The van der Waals surface area contributed by atoms with Crippen molar-refractivity contribution in [2.24, 2.45) is 0 Å². The first-order valence-electron chi connectivity index (χ1n) is 6.78. The lowest BCUT2D eigenvalue weighted by Crippen LogP contribution is -1.86. The topological polar surface area (TPSA) is 0 Å². The van der Waals surface area contributed by atoms with Crippen molar-refractivity contribution >= 4 is 56.6 Å². The Bertz CT molecular complexity index is 502. The van der Waals surface area contributed by atoms with E-state index in [-0.39, 0.29) is 0 Å². The third kappa shape index (κ3) is 5.32. The van der Waals surface area contributed by atoms with Crippen LogP contribution >= 0.6 is 47.5 Å². The van der Waals surface area contributed by atoms with E-state index in [2.05, 4.69) is 48.7 Å². The molecule has 2 rings (SSSR count). The van der Waals surface area contributed by atoms with E-state index in [0.717, 1.165) is 9.95 Å². The number of hydrogen-bond acceptors (Lipinski definition) is 4. The van der Waals surface area contributed by atoms with Crippen LogP contribution in [-0.4, -0.2) is 9.95 Å². The fourth-order valence-corrected chi connectivity index (χ4v) is 5.28. The molecule has 1 aromatic carbocycles. The Hall–Kier alpha value is -0.160. The molecule has 1 aliphatic rings. The van der Waals surface area contributed by atoms with Gasteiger partial charge in [-0.05, 0) is 29.2 Å². The summed E-state index contributed by atoms with van der Waals surface area (Å²) in [6.07, 6.45) is 5.98. The standard InChI is InChI=1S/C16H18S4/c1-2-3-7-10-18-15(17)11-16-19-12-14(20-16)13-8-5-4-6-9-13/h4-6,8-9,11-12H,2-3,7,10H2,1H3/b16-11+. The Morgan fingerprint density at radius 3 is 2.80 bits per heavy atom. The summed E-state index contributed by atoms with van der Waals surface area (Å²) in [6, 6.07) is 10.5. The first kappa shape index (κ1) is 16.2. The van der Waals surface area contributed by atoms with E-state index in [4.69, 9.17) is 12.2 Å². The summed E-state index contributed by atoms with van der Waals surface area (Å²) in [7, 11) is 0. The van der Waals surface area contributed by atoms with Crippen molar-refractivity contribution in [2.75, 3.05) is 5.75 Å². The van der Waals surface area contributed by atoms with Crippen LogP contribution in [0.25, 0.3) is 4.91 Å². The molecule has 106 valence electrons. The lowest BCUT2D eigenvalue weighted by Gasteiger charge is -2.02. The Morgan fingerprint density at radius 2 is 2.05 bits per heavy atom. The van der Waals surface area contributed by atoms with Crippen LogP contribution in [-0.2, 0) is 0 Å². The maximum absolute atomic E-state index is 5.43. The smallest absolute Gasteiger partial charge is 0.0722 e. The van der Waals surface area contributed by atoms with Crippen molar-refractivity contribution in [1.29, 1.82) is 0 Å². The highest BCUT2D eigenvalue weighted by molar-refractivity contribution is 8.31. The van der Waals surface area contributed by atoms with Gasteiger partial charge in [-0.2, -0.15) is 0 Å². The van der Waals surface area contributed by atoms with Gasteiger partial charge in [-0.25, -0.2) is 0 Å². The number of thiocarbonyl (C=S) groups is 1. The molecule has 1 heterocycles. The normalized spacial score (nSPS) is 16.4. The second-order valence-corrected chi connectivity index (χ2v) is 8.49. The van der Waals surface area contributed by atoms with Crippen LogP contribution in [0.15, 0.2) is 46.1 Å². The predicted molar refractivity (Wildman–Crippen MR) is 102 cm³/mol. The van der Waals surface area contributed by atoms with Gasteiger partial charge in [-0.1, -0.05) is 85.8 Å². The number of hydrogen-bond donors (Lipinski definition) is 0. The second-order valence-electron chi connectivity index (χ2n) is 4.41. The van der Waals surface area contributed by atoms with Crippen molar-refractivity contribution in [3.05, 3.63) is 51.6 Å². The lowest BCUT2D eigenvalue weighted by atomic mass is 10.2. The lowest BCUT2D eigenvalue weighted by molar-refractivity contribution is 0.779. The highest BCUT2D eigenvalue weighted by atomic mass is 32.2. The molecule has 0 bridgehead atoms. The maximum Gasteiger partial charge on any atom is 0.0722 e. The van der Waals surface area contributed by atoms with Gasteiger partial charge in [0.05, 0.1) is 8.43 Å². The molecule has 0 spiro atoms. The highest BCUT2D eigenvalue weighted by Gasteiger charge is 2.13. The molecule has 1 aromatic rings. The zero-order valence-corrected chi connectivity index (χ0v) is 14.8. The van der Waals surface area contributed by atoms with Crippen LogP contribution in [0.1, 0.15) is 31.7 Å². The second kappa shape index (κ2) is 8.98. The number of rotatable bonds is 6. The fraction of sp³-hybridized carbons (Fsp3) is 0.312. The molecule has 0 nitrogen and oxygen atoms in total. The van der Waals surface area contributed by atoms with Crippen LogP contribution in [0.2, 0.25) is 0 Å². The molecule has 4 heteroatoms. The minimum absolute atomic E-state index is 1.01. The van der Waals surface area contributed by atoms with Crippen molar-refractivity contribution < 1.29 is 0 Å². The molecule has 0 saturated heterocycles. The van der Waals surface area contributed by atoms with Crippen LogP contribution in [0.4, 0.5) is 0 Å². The minimum atomic E-state index is 1.01. The molecule has 0 radical (unpaired) electrons. The molecule has 0 unspecified atom stereocenters. The molecular formula is C16H18S4. The summed E-state index contributed by atoms with van der Waals surface area (Å²) in [5, 5.41) is 2.22. The average Bonchev–Trinajstić information content (AvgIpc) is 2.93. The zero-order valence-electron chi connectivity index (χ0n) is 11.5. The molecule has 0 N–H and O–H groups in total. The van der Waals surface area contributed by atoms with E-state index >= 15 is 0 Å². The van der Waals surface area contributed by atoms with Gasteiger partial charge in [0.1, 0.15) is 0 Å². The molecular weight excluding hydrogens is 320 g/mol. The molecule has 0 atom stereocenters. The van der Waals surface area contributed by atoms with Crippen LogP contribution < -0.4 is 0 Å². The van der Waals surface area contributed by atoms with Gasteiger partial charge in [0.25, 0.3) is 0 Å². The Labute approximate surface area is 139 Å². The van der Waals surface area contributed by atoms with Crippen LogP contribution in [0.3, 0.4) is 0 Å². The first-order chi connectivity index (χ1) is 9.79. The number of thioether (sulfide) groups is 3. The first-order valence-corrected chi connectivity index (χ1v) is 9.87. The van der Waals surface area contributed by atoms with E-state index in [1.165, 1.54) is 34.0 Å². The average molecular weight is 339 g/mol. The summed E-state index contributed by atoms with van der Waals surface area (Å²) in [6.45, 7) is 2.23. The van der Waals surface area contributed by atoms with Crippen molar-refractivity contribution in [2.45, 2.75) is 26.2 Å². The van der Waals surface area contributed by atoms with E-state index in [0.29, 0.717) is 0 Å². The Kier molecular flexibility index (Phi) is 7.28.